The van der Waals surface area contributed by atoms with Crippen LogP contribution in [-0.4, -0.2) is 133 Å². The van der Waals surface area contributed by atoms with E-state index in [9.17, 15) is 15.2 Å². The number of imidazole rings is 1. The summed E-state index contributed by atoms with van der Waals surface area (Å²) in [6.07, 6.45) is 7.14. The van der Waals surface area contributed by atoms with Gasteiger partial charge in [0.15, 0.2) is 17.0 Å². The molecule has 3 aliphatic rings. The molecular formula is C57H65ClN14O4. The molecule has 3 aliphatic heterocycles. The molecule has 10 rings (SSSR count). The van der Waals surface area contributed by atoms with Crippen molar-refractivity contribution in [2.24, 2.45) is 0 Å². The highest BCUT2D eigenvalue weighted by Gasteiger charge is 2.35. The number of halogens is 1. The smallest absolute Gasteiger partial charge is 0.318 e. The first kappa shape index (κ1) is 51.9. The van der Waals surface area contributed by atoms with E-state index in [2.05, 4.69) is 93.1 Å². The molecule has 19 heteroatoms. The lowest BCUT2D eigenvalue weighted by atomic mass is 10.0. The van der Waals surface area contributed by atoms with Gasteiger partial charge in [-0.1, -0.05) is 67.6 Å². The minimum atomic E-state index is -0.455. The SMILES string of the molecule is C=C(COc1cc(-c2ccccn2)ccc1CNc1nc(N[C@H](CC)CO)nc2c1ncn2C(C)C)C(=O)N1CCN(c2nc(OC[C@@H]3CCCN3C)nc3c2CCN(c2cccc4cccc(Cl)c24)C3)C[C@@H]1CC#N. The fraction of sp³-hybridized carbons (Fsp3) is 0.404. The van der Waals surface area contributed by atoms with Crippen LogP contribution >= 0.6 is 11.6 Å². The summed E-state index contributed by atoms with van der Waals surface area (Å²) in [7, 11) is 2.13. The van der Waals surface area contributed by atoms with Crippen molar-refractivity contribution in [1.82, 2.24) is 44.3 Å². The minimum Gasteiger partial charge on any atom is -0.488 e. The maximum atomic E-state index is 14.6. The zero-order valence-corrected chi connectivity index (χ0v) is 44.4. The van der Waals surface area contributed by atoms with Crippen LogP contribution < -0.4 is 29.9 Å². The summed E-state index contributed by atoms with van der Waals surface area (Å²) < 4.78 is 15.0. The van der Waals surface area contributed by atoms with E-state index in [4.69, 9.17) is 41.0 Å². The lowest BCUT2D eigenvalue weighted by Gasteiger charge is -2.42. The molecule has 0 bridgehead atoms. The van der Waals surface area contributed by atoms with E-state index >= 15 is 0 Å². The van der Waals surface area contributed by atoms with Crippen LogP contribution in [0, 0.1) is 11.3 Å². The Morgan fingerprint density at radius 1 is 0.974 bits per heavy atom. The molecule has 3 aromatic carbocycles. The van der Waals surface area contributed by atoms with Gasteiger partial charge in [-0.25, -0.2) is 4.98 Å². The summed E-state index contributed by atoms with van der Waals surface area (Å²) in [6.45, 7) is 14.4. The number of carbonyl (C=O) groups excluding carboxylic acids is 1. The molecule has 7 aromatic rings. The Bertz CT molecular complexity index is 3270. The van der Waals surface area contributed by atoms with E-state index in [1.807, 2.05) is 60.0 Å². The Hall–Kier alpha value is -7.59. The number of anilines is 4. The van der Waals surface area contributed by atoms with E-state index in [1.165, 1.54) is 0 Å². The summed E-state index contributed by atoms with van der Waals surface area (Å²) in [5, 5.41) is 29.7. The van der Waals surface area contributed by atoms with E-state index in [-0.39, 0.29) is 55.8 Å². The van der Waals surface area contributed by atoms with Crippen molar-refractivity contribution in [3.8, 4) is 29.1 Å². The Kier molecular flexibility index (Phi) is 15.8. The van der Waals surface area contributed by atoms with Crippen molar-refractivity contribution in [2.45, 2.75) is 90.1 Å². The number of rotatable bonds is 19. The molecule has 76 heavy (non-hydrogen) atoms. The summed E-state index contributed by atoms with van der Waals surface area (Å²) in [6, 6.07) is 26.2. The van der Waals surface area contributed by atoms with Crippen LogP contribution in [-0.2, 0) is 24.3 Å². The number of nitriles is 1. The number of amides is 1. The van der Waals surface area contributed by atoms with Gasteiger partial charge in [0.1, 0.15) is 24.8 Å². The van der Waals surface area contributed by atoms with Crippen LogP contribution in [0.25, 0.3) is 33.2 Å². The molecule has 0 radical (unpaired) electrons. The first-order valence-electron chi connectivity index (χ1n) is 26.3. The van der Waals surface area contributed by atoms with Gasteiger partial charge in [-0.2, -0.15) is 25.2 Å². The highest BCUT2D eigenvalue weighted by Crippen LogP contribution is 2.38. The first-order valence-corrected chi connectivity index (χ1v) is 26.7. The van der Waals surface area contributed by atoms with Gasteiger partial charge in [0.05, 0.1) is 60.5 Å². The number of aromatic nitrogens is 7. The van der Waals surface area contributed by atoms with Crippen LogP contribution in [0.15, 0.2) is 97.5 Å². The second kappa shape index (κ2) is 23.1. The standard InChI is InChI=1S/C57H65ClN14O4/c1-6-41(32-73)63-56-65-52(51-54(66-56)72(35-62-51)36(2)3)61-29-40-19-18-39(46-16-7-8-23-60-46)28-49(40)75-33-37(4)55(74)71-27-26-70(30-42(71)20-22-59)53-44-21-25-69(48-17-10-13-38-12-9-15-45(58)50(38)48)31-47(44)64-57(67-53)76-34-43-14-11-24-68(43)5/h7-10,12-13,15-19,23,28,35-36,41-43,73H,4,6,11,14,20-21,24-27,29-34H2,1-3,5H3,(H2,61,63,65,66)/t41-,42+,43+/m1/s1. The number of benzene rings is 3. The van der Waals surface area contributed by atoms with Crippen LogP contribution in [0.2, 0.25) is 5.02 Å². The van der Waals surface area contributed by atoms with Gasteiger partial charge in [-0.15, -0.1) is 0 Å². The molecule has 7 heterocycles. The summed E-state index contributed by atoms with van der Waals surface area (Å²) in [5.41, 5.74) is 6.87. The zero-order valence-electron chi connectivity index (χ0n) is 43.6. The molecule has 0 unspecified atom stereocenters. The lowest BCUT2D eigenvalue weighted by molar-refractivity contribution is -0.130. The number of piperazine rings is 1. The molecule has 18 nitrogen and oxygen atoms in total. The maximum absolute atomic E-state index is 14.6. The third-order valence-corrected chi connectivity index (χ3v) is 15.2. The van der Waals surface area contributed by atoms with Crippen LogP contribution in [0.5, 0.6) is 11.8 Å². The topological polar surface area (TPSA) is 199 Å². The van der Waals surface area contributed by atoms with Crippen molar-refractivity contribution in [3.63, 3.8) is 0 Å². The third-order valence-electron chi connectivity index (χ3n) is 14.8. The maximum Gasteiger partial charge on any atom is 0.318 e. The van der Waals surface area contributed by atoms with Crippen molar-refractivity contribution >= 4 is 62.7 Å². The molecule has 394 valence electrons. The Labute approximate surface area is 448 Å². The van der Waals surface area contributed by atoms with Crippen molar-refractivity contribution in [1.29, 1.82) is 5.26 Å². The number of likely N-dealkylation sites (N-methyl/N-ethyl adjacent to an activating group) is 1. The molecular weight excluding hydrogens is 980 g/mol. The summed E-state index contributed by atoms with van der Waals surface area (Å²) >= 11 is 6.83. The quantitative estimate of drug-likeness (QED) is 0.0651. The molecule has 1 amide bonds. The van der Waals surface area contributed by atoms with Crippen molar-refractivity contribution < 1.29 is 19.4 Å². The summed E-state index contributed by atoms with van der Waals surface area (Å²) in [5.74, 6) is 1.91. The Morgan fingerprint density at radius 3 is 2.59 bits per heavy atom. The first-order chi connectivity index (χ1) is 37.0. The normalized spacial score (nSPS) is 17.2. The molecule has 0 spiro atoms. The number of ether oxygens (including phenoxy) is 2. The number of fused-ring (bicyclic) bond motifs is 3. The van der Waals surface area contributed by atoms with Crippen molar-refractivity contribution in [2.75, 3.05) is 80.0 Å². The predicted octanol–water partition coefficient (Wildman–Crippen LogP) is 8.46. The average Bonchev–Trinajstić information content (AvgIpc) is 4.09. The molecule has 0 aliphatic carbocycles. The molecule has 0 saturated carbocycles. The van der Waals surface area contributed by atoms with E-state index in [0.29, 0.717) is 85.3 Å². The highest BCUT2D eigenvalue weighted by atomic mass is 35.5. The number of aliphatic hydroxyl groups is 1. The van der Waals surface area contributed by atoms with Gasteiger partial charge in [0.2, 0.25) is 5.95 Å². The van der Waals surface area contributed by atoms with E-state index in [0.717, 1.165) is 76.3 Å². The van der Waals surface area contributed by atoms with Gasteiger partial charge < -0.3 is 49.4 Å². The predicted molar refractivity (Wildman–Crippen MR) is 297 cm³/mol. The number of pyridine rings is 1. The number of carbonyl (C=O) groups is 1. The fourth-order valence-electron chi connectivity index (χ4n) is 10.5. The number of nitrogens with zero attached hydrogens (tertiary/aromatic N) is 12. The highest BCUT2D eigenvalue weighted by molar-refractivity contribution is 6.36. The molecule has 3 atom stereocenters. The second-order valence-corrected chi connectivity index (χ2v) is 20.5. The van der Waals surface area contributed by atoms with Crippen LogP contribution in [0.3, 0.4) is 0 Å². The molecule has 3 N–H and O–H groups in total. The van der Waals surface area contributed by atoms with Gasteiger partial charge in [0.25, 0.3) is 5.91 Å². The van der Waals surface area contributed by atoms with Gasteiger partial charge in [-0.3, -0.25) is 9.78 Å². The summed E-state index contributed by atoms with van der Waals surface area (Å²) in [4.78, 5) is 52.2. The average molecular weight is 1050 g/mol. The second-order valence-electron chi connectivity index (χ2n) is 20.1. The number of aliphatic hydroxyl groups excluding tert-OH is 1. The number of hydrogen-bond donors (Lipinski definition) is 3. The molecule has 2 saturated heterocycles. The lowest BCUT2D eigenvalue weighted by Crippen LogP contribution is -2.56. The zero-order chi connectivity index (χ0) is 52.9. The largest absolute Gasteiger partial charge is 0.488 e. The Morgan fingerprint density at radius 2 is 1.83 bits per heavy atom. The molecule has 4 aromatic heterocycles. The monoisotopic (exact) mass is 1040 g/mol. The van der Waals surface area contributed by atoms with E-state index < -0.39 is 6.04 Å². The minimum absolute atomic E-state index is 0.0689. The fourth-order valence-corrected chi connectivity index (χ4v) is 10.8. The van der Waals surface area contributed by atoms with E-state index in [1.54, 1.807) is 17.4 Å². The van der Waals surface area contributed by atoms with Gasteiger partial charge >= 0.3 is 6.01 Å². The van der Waals surface area contributed by atoms with Crippen LogP contribution in [0.4, 0.5) is 23.3 Å². The van der Waals surface area contributed by atoms with Gasteiger partial charge in [0, 0.05) is 84.3 Å². The number of likely N-dealkylation sites (tertiary alicyclic amines) is 1. The van der Waals surface area contributed by atoms with Crippen LogP contribution in [0.1, 0.15) is 69.3 Å². The third kappa shape index (κ3) is 11.0. The Balaban J connectivity index is 0.877. The number of nitrogens with one attached hydrogen (secondary N) is 2. The molecule has 2 fully saturated rings. The van der Waals surface area contributed by atoms with Crippen molar-refractivity contribution in [3.05, 3.63) is 119 Å². The number of hydrogen-bond acceptors (Lipinski definition) is 16. The van der Waals surface area contributed by atoms with Gasteiger partial charge in [-0.05, 0) is 88.8 Å².